The Bertz CT molecular complexity index is 657. The van der Waals surface area contributed by atoms with Crippen molar-refractivity contribution in [2.75, 3.05) is 18.8 Å². The average Bonchev–Trinajstić information content (AvgIpc) is 2.94. The minimum Gasteiger partial charge on any atom is -0.468 e. The minimum absolute atomic E-state index is 0.0976. The third-order valence-electron chi connectivity index (χ3n) is 3.91. The smallest absolute Gasteiger partial charge is 0.253 e. The molecule has 1 aromatic heterocycles. The third-order valence-corrected chi connectivity index (χ3v) is 5.20. The van der Waals surface area contributed by atoms with Crippen molar-refractivity contribution in [1.29, 1.82) is 0 Å². The van der Waals surface area contributed by atoms with E-state index in [1.165, 1.54) is 6.07 Å². The van der Waals surface area contributed by atoms with E-state index in [1.54, 1.807) is 42.0 Å². The van der Waals surface area contributed by atoms with E-state index >= 15 is 0 Å². The van der Waals surface area contributed by atoms with Gasteiger partial charge in [0, 0.05) is 24.4 Å². The topological polar surface area (TPSA) is 33.5 Å². The third kappa shape index (κ3) is 3.19. The number of aryl methyl sites for hydroxylation is 1. The average molecular weight is 319 g/mol. The summed E-state index contributed by atoms with van der Waals surface area (Å²) in [6.45, 7) is 3.03. The molecule has 2 heterocycles. The van der Waals surface area contributed by atoms with Crippen molar-refractivity contribution >= 4 is 17.7 Å². The molecule has 0 unspecified atom stereocenters. The standard InChI is InChI=1S/C17H18FNO2S/c1-12-4-5-13(11-14(12)18)17(20)19-7-6-16(22-10-8-19)15-3-2-9-21-15/h2-5,9,11,16H,6-8,10H2,1H3/t16-/m1/s1. The predicted octanol–water partition coefficient (Wildman–Crippen LogP) is 4.05. The Morgan fingerprint density at radius 1 is 1.36 bits per heavy atom. The van der Waals surface area contributed by atoms with Crippen LogP contribution in [0.1, 0.15) is 33.4 Å². The molecule has 0 N–H and O–H groups in total. The molecule has 22 heavy (non-hydrogen) atoms. The number of halogens is 1. The molecule has 0 radical (unpaired) electrons. The van der Waals surface area contributed by atoms with Gasteiger partial charge >= 0.3 is 0 Å². The maximum Gasteiger partial charge on any atom is 0.253 e. The minimum atomic E-state index is -0.330. The van der Waals surface area contributed by atoms with E-state index in [2.05, 4.69) is 0 Å². The second kappa shape index (κ2) is 6.57. The quantitative estimate of drug-likeness (QED) is 0.837. The van der Waals surface area contributed by atoms with Crippen LogP contribution in [0.2, 0.25) is 0 Å². The Balaban J connectivity index is 1.70. The molecule has 116 valence electrons. The fraction of sp³-hybridized carbons (Fsp3) is 0.353. The number of benzene rings is 1. The van der Waals surface area contributed by atoms with Gasteiger partial charge in [0.2, 0.25) is 0 Å². The molecule has 0 spiro atoms. The number of hydrogen-bond acceptors (Lipinski definition) is 3. The van der Waals surface area contributed by atoms with Crippen LogP contribution < -0.4 is 0 Å². The molecular weight excluding hydrogens is 301 g/mol. The van der Waals surface area contributed by atoms with Gasteiger partial charge in [-0.25, -0.2) is 4.39 Å². The molecule has 1 amide bonds. The maximum atomic E-state index is 13.6. The number of amides is 1. The first kappa shape index (κ1) is 15.2. The Kier molecular flexibility index (Phi) is 4.52. The van der Waals surface area contributed by atoms with E-state index in [4.69, 9.17) is 4.42 Å². The highest BCUT2D eigenvalue weighted by Gasteiger charge is 2.24. The fourth-order valence-corrected chi connectivity index (χ4v) is 3.76. The molecule has 0 aliphatic carbocycles. The number of carbonyl (C=O) groups is 1. The molecule has 1 aromatic carbocycles. The van der Waals surface area contributed by atoms with Crippen molar-refractivity contribution in [3.8, 4) is 0 Å². The van der Waals surface area contributed by atoms with E-state index in [1.807, 2.05) is 12.1 Å². The number of nitrogens with zero attached hydrogens (tertiary/aromatic N) is 1. The van der Waals surface area contributed by atoms with Crippen molar-refractivity contribution in [3.05, 3.63) is 59.3 Å². The number of carbonyl (C=O) groups excluding carboxylic acids is 1. The van der Waals surface area contributed by atoms with Gasteiger partial charge in [-0.3, -0.25) is 4.79 Å². The first-order chi connectivity index (χ1) is 10.6. The molecule has 0 bridgehead atoms. The maximum absolute atomic E-state index is 13.6. The largest absolute Gasteiger partial charge is 0.468 e. The zero-order chi connectivity index (χ0) is 15.5. The highest BCUT2D eigenvalue weighted by Crippen LogP contribution is 2.34. The van der Waals surface area contributed by atoms with Crippen molar-refractivity contribution in [3.63, 3.8) is 0 Å². The monoisotopic (exact) mass is 319 g/mol. The van der Waals surface area contributed by atoms with Crippen LogP contribution in [0.4, 0.5) is 4.39 Å². The fourth-order valence-electron chi connectivity index (χ4n) is 2.58. The van der Waals surface area contributed by atoms with Gasteiger partial charge in [0.25, 0.3) is 5.91 Å². The van der Waals surface area contributed by atoms with Crippen LogP contribution >= 0.6 is 11.8 Å². The summed E-state index contributed by atoms with van der Waals surface area (Å²) >= 11 is 1.80. The number of hydrogen-bond donors (Lipinski definition) is 0. The van der Waals surface area contributed by atoms with E-state index < -0.39 is 0 Å². The SMILES string of the molecule is Cc1ccc(C(=O)N2CCS[C@@H](c3ccco3)CC2)cc1F. The predicted molar refractivity (Wildman–Crippen MR) is 85.6 cm³/mol. The first-order valence-corrected chi connectivity index (χ1v) is 8.40. The molecule has 1 aliphatic rings. The van der Waals surface area contributed by atoms with Crippen LogP contribution in [0.25, 0.3) is 0 Å². The van der Waals surface area contributed by atoms with E-state index in [-0.39, 0.29) is 17.0 Å². The molecule has 3 nitrogen and oxygen atoms in total. The van der Waals surface area contributed by atoms with Crippen molar-refractivity contribution in [2.24, 2.45) is 0 Å². The molecule has 1 aliphatic heterocycles. The number of furan rings is 1. The van der Waals surface area contributed by atoms with Crippen molar-refractivity contribution in [2.45, 2.75) is 18.6 Å². The Hall–Kier alpha value is -1.75. The van der Waals surface area contributed by atoms with Gasteiger partial charge in [0.05, 0.1) is 11.5 Å². The second-order valence-corrected chi connectivity index (χ2v) is 6.73. The van der Waals surface area contributed by atoms with Gasteiger partial charge in [-0.05, 0) is 43.2 Å². The summed E-state index contributed by atoms with van der Waals surface area (Å²) in [5, 5.41) is 0.280. The summed E-state index contributed by atoms with van der Waals surface area (Å²) in [5.41, 5.74) is 0.977. The Morgan fingerprint density at radius 2 is 2.23 bits per heavy atom. The van der Waals surface area contributed by atoms with E-state index in [0.717, 1.165) is 17.9 Å². The lowest BCUT2D eigenvalue weighted by molar-refractivity contribution is 0.0765. The normalized spacial score (nSPS) is 19.0. The highest BCUT2D eigenvalue weighted by molar-refractivity contribution is 7.99. The number of thioether (sulfide) groups is 1. The van der Waals surface area contributed by atoms with Crippen molar-refractivity contribution in [1.82, 2.24) is 4.90 Å². The lowest BCUT2D eigenvalue weighted by Gasteiger charge is -2.20. The summed E-state index contributed by atoms with van der Waals surface area (Å²) in [6, 6.07) is 8.55. The summed E-state index contributed by atoms with van der Waals surface area (Å²) in [4.78, 5) is 14.3. The molecule has 1 fully saturated rings. The summed E-state index contributed by atoms with van der Waals surface area (Å²) in [6.07, 6.45) is 2.52. The summed E-state index contributed by atoms with van der Waals surface area (Å²) < 4.78 is 19.1. The lowest BCUT2D eigenvalue weighted by Crippen LogP contribution is -2.33. The van der Waals surface area contributed by atoms with Crippen LogP contribution in [0.15, 0.2) is 41.0 Å². The molecule has 2 aromatic rings. The zero-order valence-electron chi connectivity index (χ0n) is 12.4. The summed E-state index contributed by atoms with van der Waals surface area (Å²) in [7, 11) is 0. The van der Waals surface area contributed by atoms with Crippen LogP contribution in [0.5, 0.6) is 0 Å². The first-order valence-electron chi connectivity index (χ1n) is 7.35. The Morgan fingerprint density at radius 3 is 2.95 bits per heavy atom. The van der Waals surface area contributed by atoms with Gasteiger partial charge < -0.3 is 9.32 Å². The molecule has 1 atom stereocenters. The van der Waals surface area contributed by atoms with Crippen LogP contribution in [0.3, 0.4) is 0 Å². The van der Waals surface area contributed by atoms with Gasteiger partial charge in [-0.1, -0.05) is 6.07 Å². The second-order valence-electron chi connectivity index (χ2n) is 5.42. The zero-order valence-corrected chi connectivity index (χ0v) is 13.2. The lowest BCUT2D eigenvalue weighted by atomic mass is 10.1. The van der Waals surface area contributed by atoms with Gasteiger partial charge in [0.15, 0.2) is 0 Å². The number of rotatable bonds is 2. The summed E-state index contributed by atoms with van der Waals surface area (Å²) in [5.74, 6) is 1.38. The van der Waals surface area contributed by atoms with Crippen LogP contribution in [-0.4, -0.2) is 29.6 Å². The molecule has 3 rings (SSSR count). The Labute approximate surface area is 133 Å². The van der Waals surface area contributed by atoms with Gasteiger partial charge in [-0.2, -0.15) is 0 Å². The molecule has 1 saturated heterocycles. The van der Waals surface area contributed by atoms with Gasteiger partial charge in [-0.15, -0.1) is 11.8 Å². The van der Waals surface area contributed by atoms with Crippen molar-refractivity contribution < 1.29 is 13.6 Å². The molecule has 0 saturated carbocycles. The van der Waals surface area contributed by atoms with E-state index in [0.29, 0.717) is 24.2 Å². The van der Waals surface area contributed by atoms with E-state index in [9.17, 15) is 9.18 Å². The van der Waals surface area contributed by atoms with Crippen LogP contribution in [-0.2, 0) is 0 Å². The molecule has 5 heteroatoms. The van der Waals surface area contributed by atoms with Crippen LogP contribution in [0, 0.1) is 12.7 Å². The molecular formula is C17H18FNO2S. The van der Waals surface area contributed by atoms with Gasteiger partial charge in [0.1, 0.15) is 11.6 Å². The highest BCUT2D eigenvalue weighted by atomic mass is 32.2.